The molecule has 0 unspecified atom stereocenters. The molecule has 1 aliphatic rings. The Morgan fingerprint density at radius 1 is 1.57 bits per heavy atom. The molecule has 0 spiro atoms. The molecule has 0 amide bonds. The van der Waals surface area contributed by atoms with Crippen molar-refractivity contribution in [1.82, 2.24) is 19.5 Å². The van der Waals surface area contributed by atoms with Gasteiger partial charge in [0.2, 0.25) is 0 Å². The Balaban J connectivity index is 1.84. The second kappa shape index (κ2) is 5.67. The van der Waals surface area contributed by atoms with E-state index in [1.165, 1.54) is 10.9 Å². The third-order valence-electron chi connectivity index (χ3n) is 3.39. The number of phosphoric ester groups is 1. The van der Waals surface area contributed by atoms with Crippen LogP contribution in [0.15, 0.2) is 11.1 Å². The monoisotopic (exact) mass is 347 g/mol. The minimum Gasteiger partial charge on any atom is -0.390 e. The summed E-state index contributed by atoms with van der Waals surface area (Å²) in [5, 5.41) is 9.93. The highest BCUT2D eigenvalue weighted by Crippen LogP contribution is 2.38. The van der Waals surface area contributed by atoms with Gasteiger partial charge < -0.3 is 25.4 Å². The van der Waals surface area contributed by atoms with Crippen molar-refractivity contribution < 1.29 is 28.7 Å². The van der Waals surface area contributed by atoms with Gasteiger partial charge in [0.1, 0.15) is 23.7 Å². The van der Waals surface area contributed by atoms with Crippen molar-refractivity contribution >= 4 is 24.8 Å². The summed E-state index contributed by atoms with van der Waals surface area (Å²) in [7, 11) is -4.66. The molecule has 0 bridgehead atoms. The van der Waals surface area contributed by atoms with Crippen molar-refractivity contribution in [3.8, 4) is 0 Å². The molecule has 0 radical (unpaired) electrons. The summed E-state index contributed by atoms with van der Waals surface area (Å²) < 4.78 is 22.0. The molecule has 0 aliphatic carbocycles. The number of fused-ring (bicyclic) bond motifs is 1. The van der Waals surface area contributed by atoms with Gasteiger partial charge in [0, 0.05) is 6.42 Å². The van der Waals surface area contributed by atoms with E-state index in [9.17, 15) is 14.5 Å². The van der Waals surface area contributed by atoms with Crippen molar-refractivity contribution in [2.75, 3.05) is 12.3 Å². The molecule has 23 heavy (non-hydrogen) atoms. The first-order chi connectivity index (χ1) is 10.7. The van der Waals surface area contributed by atoms with E-state index in [1.807, 2.05) is 0 Å². The molecule has 12 nitrogen and oxygen atoms in total. The number of hydrogen-bond donors (Lipinski definition) is 5. The molecule has 3 heterocycles. The van der Waals surface area contributed by atoms with E-state index >= 15 is 0 Å². The second-order valence-electron chi connectivity index (χ2n) is 5.00. The minimum absolute atomic E-state index is 0.0543. The number of hydrogen-bond acceptors (Lipinski definition) is 8. The van der Waals surface area contributed by atoms with E-state index in [1.54, 1.807) is 0 Å². The lowest BCUT2D eigenvalue weighted by Crippen LogP contribution is -2.25. The Morgan fingerprint density at radius 2 is 2.30 bits per heavy atom. The fourth-order valence-electron chi connectivity index (χ4n) is 2.37. The van der Waals surface area contributed by atoms with Gasteiger partial charge in [0.25, 0.3) is 0 Å². The second-order valence-corrected chi connectivity index (χ2v) is 6.24. The number of phosphoric acid groups is 1. The number of aliphatic hydroxyl groups is 1. The van der Waals surface area contributed by atoms with Crippen LogP contribution in [0.4, 0.5) is 5.82 Å². The van der Waals surface area contributed by atoms with Crippen LogP contribution >= 0.6 is 7.82 Å². The van der Waals surface area contributed by atoms with Crippen molar-refractivity contribution in [1.29, 1.82) is 0 Å². The van der Waals surface area contributed by atoms with Crippen LogP contribution in [0.5, 0.6) is 0 Å². The maximum atomic E-state index is 11.4. The van der Waals surface area contributed by atoms with Crippen LogP contribution in [0.25, 0.3) is 11.2 Å². The largest absolute Gasteiger partial charge is 0.469 e. The maximum Gasteiger partial charge on any atom is 0.469 e. The molecule has 3 rings (SSSR count). The molecule has 126 valence electrons. The van der Waals surface area contributed by atoms with Crippen molar-refractivity contribution in [3.05, 3.63) is 16.8 Å². The van der Waals surface area contributed by atoms with Crippen LogP contribution in [0.2, 0.25) is 0 Å². The summed E-state index contributed by atoms with van der Waals surface area (Å²) >= 11 is 0. The highest BCUT2D eigenvalue weighted by molar-refractivity contribution is 7.46. The van der Waals surface area contributed by atoms with Gasteiger partial charge in [-0.25, -0.2) is 14.3 Å². The Bertz CT molecular complexity index is 829. The van der Waals surface area contributed by atoms with Gasteiger partial charge in [-0.05, 0) is 0 Å². The number of aromatic amines is 1. The molecule has 0 aromatic carbocycles. The van der Waals surface area contributed by atoms with E-state index in [-0.39, 0.29) is 23.4 Å². The number of nitrogens with two attached hydrogens (primary N) is 1. The van der Waals surface area contributed by atoms with Crippen LogP contribution in [0.3, 0.4) is 0 Å². The van der Waals surface area contributed by atoms with Gasteiger partial charge in [-0.1, -0.05) is 0 Å². The summed E-state index contributed by atoms with van der Waals surface area (Å²) in [4.78, 5) is 38.9. The number of nitrogens with zero attached hydrogens (tertiary/aromatic N) is 3. The zero-order chi connectivity index (χ0) is 16.8. The predicted molar refractivity (Wildman–Crippen MR) is 75.1 cm³/mol. The average molecular weight is 347 g/mol. The van der Waals surface area contributed by atoms with Crippen LogP contribution in [0.1, 0.15) is 12.6 Å². The molecule has 2 aromatic heterocycles. The SMILES string of the molecule is Nc1[nH]c(=O)nc2c1ncn2[C@H]1C[C@H](O)[C@@H](COP(=O)(O)O)O1. The normalized spacial score (nSPS) is 25.3. The maximum absolute atomic E-state index is 11.4. The van der Waals surface area contributed by atoms with E-state index < -0.39 is 38.6 Å². The van der Waals surface area contributed by atoms with Crippen molar-refractivity contribution in [2.24, 2.45) is 0 Å². The molecule has 2 aromatic rings. The number of aromatic nitrogens is 4. The highest BCUT2D eigenvalue weighted by atomic mass is 31.2. The lowest BCUT2D eigenvalue weighted by atomic mass is 10.2. The number of nitrogen functional groups attached to an aromatic ring is 1. The van der Waals surface area contributed by atoms with Gasteiger partial charge in [-0.2, -0.15) is 4.98 Å². The molecule has 1 fully saturated rings. The quantitative estimate of drug-likeness (QED) is 0.406. The Kier molecular flexibility index (Phi) is 3.96. The molecular formula is C10H14N5O7P. The fourth-order valence-corrected chi connectivity index (χ4v) is 2.71. The number of rotatable bonds is 4. The van der Waals surface area contributed by atoms with Crippen LogP contribution in [-0.4, -0.2) is 53.2 Å². The Hall–Kier alpha value is -1.82. The number of imidazole rings is 1. The molecule has 13 heteroatoms. The molecular weight excluding hydrogens is 333 g/mol. The van der Waals surface area contributed by atoms with E-state index in [2.05, 4.69) is 19.5 Å². The van der Waals surface area contributed by atoms with E-state index in [0.29, 0.717) is 0 Å². The number of aliphatic hydroxyl groups excluding tert-OH is 1. The lowest BCUT2D eigenvalue weighted by Gasteiger charge is -2.16. The number of H-pyrrole nitrogens is 1. The highest BCUT2D eigenvalue weighted by Gasteiger charge is 2.37. The molecule has 6 N–H and O–H groups in total. The summed E-state index contributed by atoms with van der Waals surface area (Å²) in [6, 6.07) is 0. The first-order valence-electron chi connectivity index (χ1n) is 6.50. The Morgan fingerprint density at radius 3 is 3.00 bits per heavy atom. The van der Waals surface area contributed by atoms with Gasteiger partial charge in [0.05, 0.1) is 19.0 Å². The molecule has 1 saturated heterocycles. The zero-order valence-electron chi connectivity index (χ0n) is 11.6. The van der Waals surface area contributed by atoms with Gasteiger partial charge in [0.15, 0.2) is 5.65 Å². The first-order valence-corrected chi connectivity index (χ1v) is 8.03. The molecule has 1 aliphatic heterocycles. The van der Waals surface area contributed by atoms with E-state index in [4.69, 9.17) is 20.3 Å². The molecule has 3 atom stereocenters. The number of anilines is 1. The smallest absolute Gasteiger partial charge is 0.390 e. The summed E-state index contributed by atoms with van der Waals surface area (Å²) in [5.41, 5.74) is 5.45. The zero-order valence-corrected chi connectivity index (χ0v) is 12.5. The number of nitrogens with one attached hydrogen (secondary N) is 1. The summed E-state index contributed by atoms with van der Waals surface area (Å²) in [6.45, 7) is -0.481. The third-order valence-corrected chi connectivity index (χ3v) is 3.88. The lowest BCUT2D eigenvalue weighted by molar-refractivity contribution is -0.0424. The van der Waals surface area contributed by atoms with E-state index in [0.717, 1.165) is 0 Å². The Labute approximate surface area is 128 Å². The summed E-state index contributed by atoms with van der Waals surface area (Å²) in [5.74, 6) is 0.0543. The van der Waals surface area contributed by atoms with Crippen LogP contribution < -0.4 is 11.4 Å². The standard InChI is InChI=1S/C10H14N5O7P/c11-8-7-9(14-10(17)13-8)15(3-12-7)6-1-4(16)5(22-6)2-21-23(18,19)20/h3-6,16H,1-2H2,(H2,18,19,20)(H3,11,13,14,17)/t4-,5+,6+/m0/s1. The van der Waals surface area contributed by atoms with Gasteiger partial charge in [-0.3, -0.25) is 14.1 Å². The number of ether oxygens (including phenoxy) is 1. The van der Waals surface area contributed by atoms with Crippen molar-refractivity contribution in [2.45, 2.75) is 24.9 Å². The van der Waals surface area contributed by atoms with Crippen molar-refractivity contribution in [3.63, 3.8) is 0 Å². The predicted octanol–water partition coefficient (Wildman–Crippen LogP) is -1.54. The van der Waals surface area contributed by atoms with Crippen LogP contribution in [-0.2, 0) is 13.8 Å². The summed E-state index contributed by atoms with van der Waals surface area (Å²) in [6.07, 6.45) is -1.22. The third kappa shape index (κ3) is 3.27. The molecule has 0 saturated carbocycles. The van der Waals surface area contributed by atoms with Gasteiger partial charge >= 0.3 is 13.5 Å². The average Bonchev–Trinajstić information content (AvgIpc) is 2.99. The van der Waals surface area contributed by atoms with Crippen LogP contribution in [0, 0.1) is 0 Å². The minimum atomic E-state index is -4.66. The fraction of sp³-hybridized carbons (Fsp3) is 0.500. The van der Waals surface area contributed by atoms with Gasteiger partial charge in [-0.15, -0.1) is 0 Å². The first kappa shape index (κ1) is 16.1. The topological polar surface area (TPSA) is 186 Å².